The molecular weight excluding hydrogens is 239 g/mol. The minimum absolute atomic E-state index is 0.0478. The molecule has 0 atom stereocenters. The third-order valence-corrected chi connectivity index (χ3v) is 2.66. The third-order valence-electron chi connectivity index (χ3n) is 2.66. The lowest BCUT2D eigenvalue weighted by molar-refractivity contribution is -0.121. The number of amides is 1. The summed E-state index contributed by atoms with van der Waals surface area (Å²) >= 11 is 0. The number of likely N-dealkylation sites (N-methyl/N-ethyl adjacent to an activating group) is 1. The first-order chi connectivity index (χ1) is 8.27. The maximum absolute atomic E-state index is 13.6. The molecule has 0 aliphatic carbocycles. The lowest BCUT2D eigenvalue weighted by atomic mass is 10.0. The standard InChI is InChI=1S/C12H15FN2O3/c1-12(2,14-3)11(18)15-9-5-4-7(10(16)17)6-8(9)13/h4-6,14H,1-3H3,(H,15,18)(H,16,17). The van der Waals surface area contributed by atoms with Gasteiger partial charge in [0.2, 0.25) is 5.91 Å². The molecule has 0 saturated carbocycles. The first kappa shape index (κ1) is 14.1. The molecule has 0 unspecified atom stereocenters. The van der Waals surface area contributed by atoms with Crippen molar-refractivity contribution in [2.24, 2.45) is 0 Å². The van der Waals surface area contributed by atoms with E-state index in [1.165, 1.54) is 12.1 Å². The van der Waals surface area contributed by atoms with E-state index in [0.29, 0.717) is 0 Å². The van der Waals surface area contributed by atoms with Crippen LogP contribution in [0.25, 0.3) is 0 Å². The highest BCUT2D eigenvalue weighted by Gasteiger charge is 2.26. The van der Waals surface area contributed by atoms with E-state index >= 15 is 0 Å². The number of benzene rings is 1. The summed E-state index contributed by atoms with van der Waals surface area (Å²) in [6.45, 7) is 3.29. The van der Waals surface area contributed by atoms with Gasteiger partial charge in [0.25, 0.3) is 0 Å². The molecule has 6 heteroatoms. The highest BCUT2D eigenvalue weighted by molar-refractivity contribution is 5.98. The minimum atomic E-state index is -1.22. The summed E-state index contributed by atoms with van der Waals surface area (Å²) in [4.78, 5) is 22.4. The van der Waals surface area contributed by atoms with E-state index in [0.717, 1.165) is 6.07 Å². The van der Waals surface area contributed by atoms with Crippen LogP contribution in [0.2, 0.25) is 0 Å². The van der Waals surface area contributed by atoms with Gasteiger partial charge in [-0.3, -0.25) is 4.79 Å². The highest BCUT2D eigenvalue weighted by Crippen LogP contribution is 2.17. The molecule has 98 valence electrons. The number of carboxylic acid groups (broad SMARTS) is 1. The quantitative estimate of drug-likeness (QED) is 0.760. The van der Waals surface area contributed by atoms with Gasteiger partial charge in [0.05, 0.1) is 16.8 Å². The molecule has 5 nitrogen and oxygen atoms in total. The summed E-state index contributed by atoms with van der Waals surface area (Å²) in [6, 6.07) is 3.32. The first-order valence-corrected chi connectivity index (χ1v) is 5.31. The largest absolute Gasteiger partial charge is 0.478 e. The topological polar surface area (TPSA) is 78.4 Å². The number of carbonyl (C=O) groups excluding carboxylic acids is 1. The molecule has 0 aliphatic rings. The Bertz CT molecular complexity index is 486. The lowest BCUT2D eigenvalue weighted by Gasteiger charge is -2.22. The molecule has 0 spiro atoms. The Kier molecular flexibility index (Phi) is 4.03. The molecule has 0 heterocycles. The van der Waals surface area contributed by atoms with Gasteiger partial charge in [0, 0.05) is 0 Å². The van der Waals surface area contributed by atoms with E-state index < -0.39 is 23.2 Å². The minimum Gasteiger partial charge on any atom is -0.478 e. The Hall–Kier alpha value is -1.95. The summed E-state index contributed by atoms with van der Waals surface area (Å²) in [5, 5.41) is 13.9. The molecule has 0 fully saturated rings. The van der Waals surface area contributed by atoms with Gasteiger partial charge >= 0.3 is 5.97 Å². The van der Waals surface area contributed by atoms with Crippen LogP contribution < -0.4 is 10.6 Å². The van der Waals surface area contributed by atoms with Gasteiger partial charge < -0.3 is 15.7 Å². The summed E-state index contributed by atoms with van der Waals surface area (Å²) in [6.07, 6.45) is 0. The maximum atomic E-state index is 13.6. The second-order valence-corrected chi connectivity index (χ2v) is 4.33. The van der Waals surface area contributed by atoms with Gasteiger partial charge in [0.1, 0.15) is 5.82 Å². The van der Waals surface area contributed by atoms with E-state index in [2.05, 4.69) is 10.6 Å². The van der Waals surface area contributed by atoms with Gasteiger partial charge in [-0.25, -0.2) is 9.18 Å². The third kappa shape index (κ3) is 3.04. The molecule has 0 aromatic heterocycles. The van der Waals surface area contributed by atoms with E-state index in [1.807, 2.05) is 0 Å². The van der Waals surface area contributed by atoms with Crippen molar-refractivity contribution in [3.63, 3.8) is 0 Å². The number of halogens is 1. The van der Waals surface area contributed by atoms with Gasteiger partial charge in [-0.05, 0) is 39.1 Å². The average Bonchev–Trinajstić information content (AvgIpc) is 2.31. The lowest BCUT2D eigenvalue weighted by Crippen LogP contribution is -2.48. The number of nitrogens with one attached hydrogen (secondary N) is 2. The Labute approximate surface area is 104 Å². The van der Waals surface area contributed by atoms with Crippen molar-refractivity contribution in [1.82, 2.24) is 5.32 Å². The fourth-order valence-electron chi connectivity index (χ4n) is 1.14. The number of aromatic carboxylic acids is 1. The molecule has 0 aliphatic heterocycles. The number of anilines is 1. The van der Waals surface area contributed by atoms with Crippen LogP contribution in [0.3, 0.4) is 0 Å². The smallest absolute Gasteiger partial charge is 0.335 e. The fourth-order valence-corrected chi connectivity index (χ4v) is 1.14. The van der Waals surface area contributed by atoms with Crippen molar-refractivity contribution in [1.29, 1.82) is 0 Å². The Morgan fingerprint density at radius 1 is 1.33 bits per heavy atom. The van der Waals surface area contributed by atoms with Crippen molar-refractivity contribution >= 4 is 17.6 Å². The predicted octanol–water partition coefficient (Wildman–Crippen LogP) is 1.46. The second kappa shape index (κ2) is 5.14. The van der Waals surface area contributed by atoms with E-state index in [-0.39, 0.29) is 11.3 Å². The Balaban J connectivity index is 2.93. The normalized spacial score (nSPS) is 11.1. The average molecular weight is 254 g/mol. The zero-order valence-corrected chi connectivity index (χ0v) is 10.4. The van der Waals surface area contributed by atoms with Crippen molar-refractivity contribution in [3.8, 4) is 0 Å². The maximum Gasteiger partial charge on any atom is 0.335 e. The number of hydrogen-bond acceptors (Lipinski definition) is 3. The van der Waals surface area contributed by atoms with Crippen LogP contribution in [-0.4, -0.2) is 29.6 Å². The van der Waals surface area contributed by atoms with Crippen LogP contribution >= 0.6 is 0 Å². The van der Waals surface area contributed by atoms with Gasteiger partial charge in [-0.15, -0.1) is 0 Å². The summed E-state index contributed by atoms with van der Waals surface area (Å²) in [5.74, 6) is -2.41. The molecule has 1 rings (SSSR count). The monoisotopic (exact) mass is 254 g/mol. The zero-order valence-electron chi connectivity index (χ0n) is 10.4. The van der Waals surface area contributed by atoms with E-state index in [1.54, 1.807) is 20.9 Å². The highest BCUT2D eigenvalue weighted by atomic mass is 19.1. The molecule has 0 bridgehead atoms. The second-order valence-electron chi connectivity index (χ2n) is 4.33. The van der Waals surface area contributed by atoms with Crippen LogP contribution in [0.15, 0.2) is 18.2 Å². The van der Waals surface area contributed by atoms with Crippen LogP contribution in [-0.2, 0) is 4.79 Å². The van der Waals surface area contributed by atoms with Crippen molar-refractivity contribution in [2.45, 2.75) is 19.4 Å². The zero-order chi connectivity index (χ0) is 13.9. The van der Waals surface area contributed by atoms with Gasteiger partial charge in [-0.1, -0.05) is 0 Å². The molecular formula is C12H15FN2O3. The number of carbonyl (C=O) groups is 2. The summed E-state index contributed by atoms with van der Waals surface area (Å²) in [5.41, 5.74) is -1.07. The molecule has 1 amide bonds. The van der Waals surface area contributed by atoms with Crippen LogP contribution in [0.4, 0.5) is 10.1 Å². The Morgan fingerprint density at radius 3 is 2.39 bits per heavy atom. The van der Waals surface area contributed by atoms with Crippen LogP contribution in [0, 0.1) is 5.82 Å². The number of hydrogen-bond donors (Lipinski definition) is 3. The summed E-state index contributed by atoms with van der Waals surface area (Å²) in [7, 11) is 1.61. The molecule has 1 aromatic rings. The summed E-state index contributed by atoms with van der Waals surface area (Å²) < 4.78 is 13.6. The number of rotatable bonds is 4. The molecule has 0 radical (unpaired) electrons. The first-order valence-electron chi connectivity index (χ1n) is 5.31. The van der Waals surface area contributed by atoms with Crippen molar-refractivity contribution in [3.05, 3.63) is 29.6 Å². The predicted molar refractivity (Wildman–Crippen MR) is 65.1 cm³/mol. The van der Waals surface area contributed by atoms with Gasteiger partial charge in [-0.2, -0.15) is 0 Å². The fraction of sp³-hybridized carbons (Fsp3) is 0.333. The Morgan fingerprint density at radius 2 is 1.94 bits per heavy atom. The molecule has 18 heavy (non-hydrogen) atoms. The van der Waals surface area contributed by atoms with E-state index in [9.17, 15) is 14.0 Å². The van der Waals surface area contributed by atoms with E-state index in [4.69, 9.17) is 5.11 Å². The number of carboxylic acids is 1. The van der Waals surface area contributed by atoms with Crippen LogP contribution in [0.1, 0.15) is 24.2 Å². The molecule has 3 N–H and O–H groups in total. The van der Waals surface area contributed by atoms with Crippen molar-refractivity contribution < 1.29 is 19.1 Å². The SMILES string of the molecule is CNC(C)(C)C(=O)Nc1ccc(C(=O)O)cc1F. The van der Waals surface area contributed by atoms with Crippen LogP contribution in [0.5, 0.6) is 0 Å². The van der Waals surface area contributed by atoms with Gasteiger partial charge in [0.15, 0.2) is 0 Å². The molecule has 0 saturated heterocycles. The van der Waals surface area contributed by atoms with Crippen molar-refractivity contribution in [2.75, 3.05) is 12.4 Å². The molecule has 1 aromatic carbocycles.